The number of hydrogen-bond acceptors (Lipinski definition) is 0. The summed E-state index contributed by atoms with van der Waals surface area (Å²) in [5.74, 6) is -0.00639. The highest BCUT2D eigenvalue weighted by Crippen LogP contribution is 2.37. The van der Waals surface area contributed by atoms with Gasteiger partial charge in [0.05, 0.1) is 0 Å². The Kier molecular flexibility index (Phi) is 6.37. The van der Waals surface area contributed by atoms with E-state index in [4.69, 9.17) is 0 Å². The molecule has 2 aromatic carbocycles. The van der Waals surface area contributed by atoms with Crippen molar-refractivity contribution >= 4 is 0 Å². The van der Waals surface area contributed by atoms with Crippen molar-refractivity contribution in [3.8, 4) is 11.8 Å². The van der Waals surface area contributed by atoms with E-state index in [-0.39, 0.29) is 5.56 Å². The van der Waals surface area contributed by atoms with Gasteiger partial charge in [0.25, 0.3) is 0 Å². The Balaban J connectivity index is 1.52. The minimum absolute atomic E-state index is 0.0221. The molecule has 0 nitrogen and oxygen atoms in total. The monoisotopic (exact) mass is 452 g/mol. The lowest BCUT2D eigenvalue weighted by atomic mass is 9.80. The molecule has 0 saturated heterocycles. The molecule has 33 heavy (non-hydrogen) atoms. The number of halogens is 5. The zero-order chi connectivity index (χ0) is 23.7. The average Bonchev–Trinajstić information content (AvgIpc) is 2.78. The van der Waals surface area contributed by atoms with Crippen molar-refractivity contribution in [2.75, 3.05) is 0 Å². The zero-order valence-corrected chi connectivity index (χ0v) is 18.1. The molecule has 168 valence electrons. The SMILES string of the molecule is CC1=CC(C2=CC(F)C(c3cc(F)c(F)c(F)c3)C=C2)C(F)C=C1C#Cc1ccc(C)cc1. The number of rotatable bonds is 2. The molecule has 0 amide bonds. The Morgan fingerprint density at radius 3 is 2.03 bits per heavy atom. The molecule has 0 spiro atoms. The second-order valence-corrected chi connectivity index (χ2v) is 8.31. The molecule has 0 aromatic heterocycles. The van der Waals surface area contributed by atoms with Gasteiger partial charge in [-0.3, -0.25) is 0 Å². The first-order valence-electron chi connectivity index (χ1n) is 10.5. The Morgan fingerprint density at radius 2 is 1.39 bits per heavy atom. The first-order chi connectivity index (χ1) is 15.7. The largest absolute Gasteiger partial charge is 0.242 e. The summed E-state index contributed by atoms with van der Waals surface area (Å²) in [6, 6.07) is 9.26. The molecule has 0 saturated carbocycles. The van der Waals surface area contributed by atoms with Gasteiger partial charge in [0.15, 0.2) is 17.5 Å². The van der Waals surface area contributed by atoms with Crippen LogP contribution in [0, 0.1) is 42.1 Å². The van der Waals surface area contributed by atoms with E-state index in [0.29, 0.717) is 11.1 Å². The fraction of sp³-hybridized carbons (Fsp3) is 0.214. The van der Waals surface area contributed by atoms with Gasteiger partial charge in [-0.1, -0.05) is 47.8 Å². The van der Waals surface area contributed by atoms with Crippen LogP contribution in [0.25, 0.3) is 0 Å². The van der Waals surface area contributed by atoms with Crippen LogP contribution in [0.4, 0.5) is 22.0 Å². The van der Waals surface area contributed by atoms with Crippen molar-refractivity contribution in [1.82, 2.24) is 0 Å². The quantitative estimate of drug-likeness (QED) is 0.256. The molecule has 0 bridgehead atoms. The summed E-state index contributed by atoms with van der Waals surface area (Å²) in [5.41, 5.74) is 3.71. The highest BCUT2D eigenvalue weighted by molar-refractivity contribution is 5.53. The van der Waals surface area contributed by atoms with E-state index in [1.54, 1.807) is 12.2 Å². The molecular formula is C28H21F5. The highest BCUT2D eigenvalue weighted by Gasteiger charge is 2.30. The van der Waals surface area contributed by atoms with Crippen molar-refractivity contribution in [1.29, 1.82) is 0 Å². The summed E-state index contributed by atoms with van der Waals surface area (Å²) >= 11 is 0. The van der Waals surface area contributed by atoms with Gasteiger partial charge in [0, 0.05) is 23.0 Å². The molecule has 5 heteroatoms. The number of allylic oxidation sites excluding steroid dienone is 8. The Hall–Kier alpha value is -3.39. The molecule has 2 aromatic rings. The van der Waals surface area contributed by atoms with Crippen LogP contribution in [0.5, 0.6) is 0 Å². The maximum absolute atomic E-state index is 15.0. The van der Waals surface area contributed by atoms with Crippen LogP contribution in [-0.2, 0) is 0 Å². The molecular weight excluding hydrogens is 431 g/mol. The number of hydrogen-bond donors (Lipinski definition) is 0. The van der Waals surface area contributed by atoms with Crippen molar-refractivity contribution in [2.24, 2.45) is 5.92 Å². The summed E-state index contributed by atoms with van der Waals surface area (Å²) in [7, 11) is 0. The molecule has 4 rings (SSSR count). The van der Waals surface area contributed by atoms with Gasteiger partial charge >= 0.3 is 0 Å². The van der Waals surface area contributed by atoms with Crippen molar-refractivity contribution in [2.45, 2.75) is 32.1 Å². The lowest BCUT2D eigenvalue weighted by Crippen LogP contribution is -2.22. The van der Waals surface area contributed by atoms with Crippen LogP contribution in [0.2, 0.25) is 0 Å². The third kappa shape index (κ3) is 4.85. The van der Waals surface area contributed by atoms with Gasteiger partial charge < -0.3 is 0 Å². The van der Waals surface area contributed by atoms with Gasteiger partial charge in [-0.2, -0.15) is 0 Å². The first kappa shape index (κ1) is 22.8. The molecule has 2 aliphatic carbocycles. The van der Waals surface area contributed by atoms with Gasteiger partial charge in [-0.05, 0) is 67.0 Å². The Morgan fingerprint density at radius 1 is 0.758 bits per heavy atom. The summed E-state index contributed by atoms with van der Waals surface area (Å²) in [6.45, 7) is 3.80. The van der Waals surface area contributed by atoms with E-state index in [9.17, 15) is 17.6 Å². The van der Waals surface area contributed by atoms with E-state index in [1.165, 1.54) is 18.2 Å². The Labute approximate surface area is 189 Å². The molecule has 4 atom stereocenters. The van der Waals surface area contributed by atoms with Gasteiger partial charge in [-0.25, -0.2) is 22.0 Å². The number of aryl methyl sites for hydroxylation is 1. The normalized spacial score (nSPS) is 24.4. The molecule has 0 aliphatic heterocycles. The van der Waals surface area contributed by atoms with Crippen molar-refractivity contribution < 1.29 is 22.0 Å². The van der Waals surface area contributed by atoms with E-state index in [2.05, 4.69) is 11.8 Å². The van der Waals surface area contributed by atoms with Gasteiger partial charge in [-0.15, -0.1) is 0 Å². The molecule has 0 fully saturated rings. The molecule has 4 unspecified atom stereocenters. The van der Waals surface area contributed by atoms with E-state index in [0.717, 1.165) is 28.8 Å². The number of alkyl halides is 2. The van der Waals surface area contributed by atoms with E-state index in [1.807, 2.05) is 38.1 Å². The van der Waals surface area contributed by atoms with Gasteiger partial charge in [0.1, 0.15) is 12.3 Å². The minimum atomic E-state index is -1.64. The average molecular weight is 452 g/mol. The Bertz CT molecular complexity index is 1230. The van der Waals surface area contributed by atoms with Crippen LogP contribution in [-0.4, -0.2) is 12.3 Å². The highest BCUT2D eigenvalue weighted by atomic mass is 19.2. The molecule has 0 N–H and O–H groups in total. The van der Waals surface area contributed by atoms with Crippen LogP contribution < -0.4 is 0 Å². The summed E-state index contributed by atoms with van der Waals surface area (Å²) in [5, 5.41) is 0. The van der Waals surface area contributed by atoms with E-state index >= 15 is 4.39 Å². The lowest BCUT2D eigenvalue weighted by Gasteiger charge is -2.27. The third-order valence-corrected chi connectivity index (χ3v) is 5.88. The summed E-state index contributed by atoms with van der Waals surface area (Å²) in [6.07, 6.45) is 4.33. The van der Waals surface area contributed by atoms with Crippen LogP contribution >= 0.6 is 0 Å². The second-order valence-electron chi connectivity index (χ2n) is 8.31. The number of benzene rings is 2. The topological polar surface area (TPSA) is 0 Å². The standard InChI is InChI=1S/C28H21F5/c1-16-3-5-18(6-4-16)7-8-19-12-25(30)23(11-17(19)2)20-9-10-22(24(29)13-20)21-14-26(31)28(33)27(32)15-21/h3-6,9-15,22-25H,1-2H3. The first-order valence-corrected chi connectivity index (χ1v) is 10.5. The predicted molar refractivity (Wildman–Crippen MR) is 119 cm³/mol. The molecule has 2 aliphatic rings. The maximum atomic E-state index is 15.0. The molecule has 0 radical (unpaired) electrons. The molecule has 0 heterocycles. The lowest BCUT2D eigenvalue weighted by molar-refractivity contribution is 0.332. The maximum Gasteiger partial charge on any atom is 0.194 e. The smallest absolute Gasteiger partial charge is 0.194 e. The van der Waals surface area contributed by atoms with E-state index < -0.39 is 41.6 Å². The minimum Gasteiger partial charge on any atom is -0.242 e. The zero-order valence-electron chi connectivity index (χ0n) is 18.1. The predicted octanol–water partition coefficient (Wildman–Crippen LogP) is 7.22. The van der Waals surface area contributed by atoms with Crippen LogP contribution in [0.15, 0.2) is 83.5 Å². The van der Waals surface area contributed by atoms with Gasteiger partial charge in [0.2, 0.25) is 0 Å². The fourth-order valence-corrected chi connectivity index (χ4v) is 3.99. The van der Waals surface area contributed by atoms with Crippen molar-refractivity contribution in [3.63, 3.8) is 0 Å². The summed E-state index contributed by atoms with van der Waals surface area (Å²) in [4.78, 5) is 0. The summed E-state index contributed by atoms with van der Waals surface area (Å²) < 4.78 is 70.2. The second kappa shape index (κ2) is 9.23. The van der Waals surface area contributed by atoms with Crippen LogP contribution in [0.3, 0.4) is 0 Å². The van der Waals surface area contributed by atoms with Crippen LogP contribution in [0.1, 0.15) is 29.5 Å². The van der Waals surface area contributed by atoms with Crippen molar-refractivity contribution in [3.05, 3.63) is 118 Å². The fourth-order valence-electron chi connectivity index (χ4n) is 3.99. The third-order valence-electron chi connectivity index (χ3n) is 5.88.